The third kappa shape index (κ3) is 2.72. The number of nitrogens with one attached hydrogen (secondary N) is 1. The minimum absolute atomic E-state index is 0.0912. The van der Waals surface area contributed by atoms with E-state index in [2.05, 4.69) is 17.5 Å². The monoisotopic (exact) mass is 432 g/mol. The molecule has 2 aromatic rings. The lowest BCUT2D eigenvalue weighted by Crippen LogP contribution is -2.40. The van der Waals surface area contributed by atoms with Gasteiger partial charge < -0.3 is 5.32 Å². The highest BCUT2D eigenvalue weighted by molar-refractivity contribution is 6.31. The van der Waals surface area contributed by atoms with Gasteiger partial charge in [0.05, 0.1) is 17.5 Å². The average Bonchev–Trinajstić information content (AvgIpc) is 3.54. The Labute approximate surface area is 185 Å². The Hall–Kier alpha value is -2.92. The van der Waals surface area contributed by atoms with Crippen molar-refractivity contribution in [2.24, 2.45) is 35.5 Å². The topological polar surface area (TPSA) is 66.5 Å². The molecule has 1 saturated heterocycles. The number of rotatable bonds is 3. The number of benzene rings is 2. The largest absolute Gasteiger partial charge is 0.322 e. The van der Waals surface area contributed by atoms with Crippen LogP contribution >= 0.6 is 11.6 Å². The number of allylic oxidation sites excluding steroid dienone is 2. The molecule has 0 unspecified atom stereocenters. The smallest absolute Gasteiger partial charge is 0.255 e. The van der Waals surface area contributed by atoms with Gasteiger partial charge in [-0.3, -0.25) is 19.3 Å². The molecule has 31 heavy (non-hydrogen) atoms. The molecule has 3 amide bonds. The van der Waals surface area contributed by atoms with Crippen LogP contribution in [0.25, 0.3) is 0 Å². The van der Waals surface area contributed by atoms with Crippen molar-refractivity contribution in [1.82, 2.24) is 0 Å². The Bertz CT molecular complexity index is 1140. The van der Waals surface area contributed by atoms with Gasteiger partial charge in [-0.25, -0.2) is 0 Å². The molecule has 4 aliphatic carbocycles. The SMILES string of the molecule is Cc1ccc(Cl)cc1NC(=O)c1ccc(N2C(=O)[C@@H]3[C@H]4C=C[C@@H]([C@@H]5C[C@@H]45)[C@@H]3C2=O)cc1. The van der Waals surface area contributed by atoms with E-state index >= 15 is 0 Å². The maximum Gasteiger partial charge on any atom is 0.255 e. The molecule has 5 aliphatic rings. The van der Waals surface area contributed by atoms with E-state index in [-0.39, 0.29) is 41.4 Å². The summed E-state index contributed by atoms with van der Waals surface area (Å²) in [6, 6.07) is 12.0. The molecule has 7 rings (SSSR count). The van der Waals surface area contributed by atoms with E-state index < -0.39 is 0 Å². The fraction of sp³-hybridized carbons (Fsp3) is 0.320. The third-order valence-corrected chi connectivity index (χ3v) is 7.73. The van der Waals surface area contributed by atoms with Crippen LogP contribution < -0.4 is 10.2 Å². The van der Waals surface area contributed by atoms with Crippen LogP contribution in [0.15, 0.2) is 54.6 Å². The van der Waals surface area contributed by atoms with Crippen LogP contribution in [0, 0.1) is 42.4 Å². The first-order chi connectivity index (χ1) is 14.9. The van der Waals surface area contributed by atoms with E-state index in [0.717, 1.165) is 12.0 Å². The molecule has 3 fully saturated rings. The molecule has 6 atom stereocenters. The number of aryl methyl sites for hydroxylation is 1. The summed E-state index contributed by atoms with van der Waals surface area (Å²) in [7, 11) is 0. The number of imide groups is 1. The zero-order valence-corrected chi connectivity index (χ0v) is 17.7. The maximum atomic E-state index is 13.2. The van der Waals surface area contributed by atoms with Gasteiger partial charge in [0.15, 0.2) is 0 Å². The Morgan fingerprint density at radius 2 is 1.58 bits per heavy atom. The van der Waals surface area contributed by atoms with Crippen molar-refractivity contribution >= 4 is 40.7 Å². The normalized spacial score (nSPS) is 32.1. The molecule has 2 saturated carbocycles. The maximum absolute atomic E-state index is 13.2. The first kappa shape index (κ1) is 18.8. The number of nitrogens with zero attached hydrogens (tertiary/aromatic N) is 1. The van der Waals surface area contributed by atoms with Crippen LogP contribution in [-0.2, 0) is 9.59 Å². The molecule has 6 heteroatoms. The highest BCUT2D eigenvalue weighted by Gasteiger charge is 2.67. The van der Waals surface area contributed by atoms with Crippen molar-refractivity contribution in [3.05, 3.63) is 70.8 Å². The second-order valence-corrected chi connectivity index (χ2v) is 9.56. The second-order valence-electron chi connectivity index (χ2n) is 9.13. The predicted molar refractivity (Wildman–Crippen MR) is 118 cm³/mol. The number of halogens is 1. The highest BCUT2D eigenvalue weighted by atomic mass is 35.5. The number of amides is 3. The van der Waals surface area contributed by atoms with Crippen molar-refractivity contribution in [2.45, 2.75) is 13.3 Å². The number of carbonyl (C=O) groups is 3. The molecule has 0 radical (unpaired) electrons. The van der Waals surface area contributed by atoms with Gasteiger partial charge in [0.25, 0.3) is 5.91 Å². The standard InChI is InChI=1S/C25H21ClN2O3/c1-12-2-5-14(26)10-20(12)27-23(29)13-3-6-15(7-4-13)28-24(30)21-16-8-9-17(19-11-18(16)19)22(21)25(28)31/h2-10,16-19,21-22H,11H2,1H3,(H,27,29)/t16-,17-,18-,19-,21-,22+/m0/s1. The number of hydrogen-bond donors (Lipinski definition) is 1. The fourth-order valence-electron chi connectivity index (χ4n) is 5.90. The summed E-state index contributed by atoms with van der Waals surface area (Å²) in [6.07, 6.45) is 5.48. The van der Waals surface area contributed by atoms with Crippen molar-refractivity contribution in [1.29, 1.82) is 0 Å². The van der Waals surface area contributed by atoms with Crippen LogP contribution in [0.4, 0.5) is 11.4 Å². The first-order valence-corrected chi connectivity index (χ1v) is 11.1. The summed E-state index contributed by atoms with van der Waals surface area (Å²) in [5.74, 6) is 0.660. The molecule has 2 aromatic carbocycles. The van der Waals surface area contributed by atoms with E-state index in [0.29, 0.717) is 33.8 Å². The molecule has 5 nitrogen and oxygen atoms in total. The molecule has 1 N–H and O–H groups in total. The summed E-state index contributed by atoms with van der Waals surface area (Å²) < 4.78 is 0. The van der Waals surface area contributed by atoms with Crippen LogP contribution in [0.2, 0.25) is 5.02 Å². The van der Waals surface area contributed by atoms with E-state index in [9.17, 15) is 14.4 Å². The van der Waals surface area contributed by atoms with Gasteiger partial charge in [0.1, 0.15) is 0 Å². The van der Waals surface area contributed by atoms with Crippen molar-refractivity contribution < 1.29 is 14.4 Å². The summed E-state index contributed by atoms with van der Waals surface area (Å²) in [5, 5.41) is 3.41. The molecule has 2 bridgehead atoms. The van der Waals surface area contributed by atoms with E-state index in [1.165, 1.54) is 4.90 Å². The Morgan fingerprint density at radius 1 is 0.968 bits per heavy atom. The molecular weight excluding hydrogens is 412 g/mol. The lowest BCUT2D eigenvalue weighted by molar-refractivity contribution is -0.124. The molecule has 0 aromatic heterocycles. The molecule has 0 spiro atoms. The minimum Gasteiger partial charge on any atom is -0.322 e. The van der Waals surface area contributed by atoms with E-state index in [1.807, 2.05) is 13.0 Å². The number of carbonyl (C=O) groups excluding carboxylic acids is 3. The summed E-state index contributed by atoms with van der Waals surface area (Å²) >= 11 is 6.03. The van der Waals surface area contributed by atoms with Gasteiger partial charge in [0, 0.05) is 16.3 Å². The van der Waals surface area contributed by atoms with Crippen LogP contribution in [0.3, 0.4) is 0 Å². The molecule has 156 valence electrons. The fourth-order valence-corrected chi connectivity index (χ4v) is 6.07. The number of anilines is 2. The van der Waals surface area contributed by atoms with Crippen molar-refractivity contribution in [3.63, 3.8) is 0 Å². The number of hydrogen-bond acceptors (Lipinski definition) is 3. The van der Waals surface area contributed by atoms with Crippen molar-refractivity contribution in [3.8, 4) is 0 Å². The van der Waals surface area contributed by atoms with Crippen LogP contribution in [0.5, 0.6) is 0 Å². The van der Waals surface area contributed by atoms with Gasteiger partial charge >= 0.3 is 0 Å². The van der Waals surface area contributed by atoms with E-state index in [1.54, 1.807) is 36.4 Å². The Balaban J connectivity index is 1.23. The average molecular weight is 433 g/mol. The van der Waals surface area contributed by atoms with Gasteiger partial charge in [-0.1, -0.05) is 29.8 Å². The molecule has 1 aliphatic heterocycles. The van der Waals surface area contributed by atoms with Gasteiger partial charge in [-0.15, -0.1) is 0 Å². The van der Waals surface area contributed by atoms with Gasteiger partial charge in [-0.2, -0.15) is 0 Å². The quantitative estimate of drug-likeness (QED) is 0.575. The summed E-state index contributed by atoms with van der Waals surface area (Å²) in [4.78, 5) is 40.4. The Morgan fingerprint density at radius 3 is 2.19 bits per heavy atom. The Kier molecular flexibility index (Phi) is 3.97. The minimum atomic E-state index is -0.271. The summed E-state index contributed by atoms with van der Waals surface area (Å²) in [5.41, 5.74) is 2.54. The first-order valence-electron chi connectivity index (χ1n) is 10.7. The van der Waals surface area contributed by atoms with Crippen LogP contribution in [-0.4, -0.2) is 17.7 Å². The zero-order chi connectivity index (χ0) is 21.4. The predicted octanol–water partition coefficient (Wildman–Crippen LogP) is 4.46. The lowest BCUT2D eigenvalue weighted by Gasteiger charge is -2.37. The third-order valence-electron chi connectivity index (χ3n) is 7.50. The lowest BCUT2D eigenvalue weighted by atomic mass is 9.63. The van der Waals surface area contributed by atoms with Crippen molar-refractivity contribution in [2.75, 3.05) is 10.2 Å². The van der Waals surface area contributed by atoms with Crippen LogP contribution in [0.1, 0.15) is 22.3 Å². The molecule has 1 heterocycles. The summed E-state index contributed by atoms with van der Waals surface area (Å²) in [6.45, 7) is 1.89. The van der Waals surface area contributed by atoms with Gasteiger partial charge in [0.2, 0.25) is 11.8 Å². The van der Waals surface area contributed by atoms with E-state index in [4.69, 9.17) is 11.6 Å². The van der Waals surface area contributed by atoms with Gasteiger partial charge in [-0.05, 0) is 79.0 Å². The zero-order valence-electron chi connectivity index (χ0n) is 16.9. The highest BCUT2D eigenvalue weighted by Crippen LogP contribution is 2.65. The second kappa shape index (κ2) is 6.54. The molecular formula is C25H21ClN2O3.